The molecule has 1 saturated carbocycles. The predicted molar refractivity (Wildman–Crippen MR) is 44.1 cm³/mol. The molecule has 3 aliphatic carbocycles. The summed E-state index contributed by atoms with van der Waals surface area (Å²) in [6, 6.07) is 0. The molecule has 0 aromatic heterocycles. The van der Waals surface area contributed by atoms with Crippen LogP contribution in [0.1, 0.15) is 27.2 Å². The fourth-order valence-corrected chi connectivity index (χ4v) is 2.61. The monoisotopic (exact) mass is 150 g/mol. The standard InChI is InChI=1S/C10H14O/c1-6-4-9(11)8-5-7(6)10(8,2)3/h4,7-8H,5H2,1-3H3. The van der Waals surface area contributed by atoms with Crippen molar-refractivity contribution in [3.05, 3.63) is 11.6 Å². The Balaban J connectivity index is 2.42. The Bertz CT molecular complexity index is 248. The molecule has 0 amide bonds. The van der Waals surface area contributed by atoms with Gasteiger partial charge in [0.2, 0.25) is 0 Å². The van der Waals surface area contributed by atoms with E-state index >= 15 is 0 Å². The van der Waals surface area contributed by atoms with Crippen molar-refractivity contribution in [1.82, 2.24) is 0 Å². The second kappa shape index (κ2) is 1.77. The lowest BCUT2D eigenvalue weighted by atomic mass is 9.49. The van der Waals surface area contributed by atoms with Crippen molar-refractivity contribution < 1.29 is 4.79 Å². The third-order valence-corrected chi connectivity index (χ3v) is 3.53. The zero-order valence-corrected chi connectivity index (χ0v) is 7.35. The maximum Gasteiger partial charge on any atom is 0.159 e. The fourth-order valence-electron chi connectivity index (χ4n) is 2.61. The molecule has 3 aliphatic rings. The minimum Gasteiger partial charge on any atom is -0.295 e. The van der Waals surface area contributed by atoms with Crippen molar-refractivity contribution in [3.63, 3.8) is 0 Å². The highest BCUT2D eigenvalue weighted by molar-refractivity contribution is 5.95. The first-order valence-corrected chi connectivity index (χ1v) is 4.25. The molecule has 0 N–H and O–H groups in total. The highest BCUT2D eigenvalue weighted by Crippen LogP contribution is 2.57. The lowest BCUT2D eigenvalue weighted by molar-refractivity contribution is -0.133. The summed E-state index contributed by atoms with van der Waals surface area (Å²) < 4.78 is 0. The van der Waals surface area contributed by atoms with E-state index in [0.29, 0.717) is 17.6 Å². The molecule has 0 spiro atoms. The van der Waals surface area contributed by atoms with Crippen molar-refractivity contribution in [2.45, 2.75) is 27.2 Å². The van der Waals surface area contributed by atoms with Crippen LogP contribution in [-0.4, -0.2) is 5.78 Å². The molecule has 0 aromatic rings. The maximum absolute atomic E-state index is 11.4. The first-order chi connectivity index (χ1) is 5.03. The first kappa shape index (κ1) is 7.08. The van der Waals surface area contributed by atoms with Gasteiger partial charge < -0.3 is 0 Å². The molecule has 2 bridgehead atoms. The lowest BCUT2D eigenvalue weighted by Crippen LogP contribution is -2.51. The molecular weight excluding hydrogens is 136 g/mol. The highest BCUT2D eigenvalue weighted by Gasteiger charge is 2.54. The van der Waals surface area contributed by atoms with Crippen LogP contribution in [0, 0.1) is 17.3 Å². The number of hydrogen-bond donors (Lipinski definition) is 0. The SMILES string of the molecule is CC1=CC(=O)C2CC1C2(C)C. The van der Waals surface area contributed by atoms with Crippen molar-refractivity contribution in [2.24, 2.45) is 17.3 Å². The Morgan fingerprint density at radius 1 is 1.45 bits per heavy atom. The molecule has 2 atom stereocenters. The van der Waals surface area contributed by atoms with E-state index < -0.39 is 0 Å². The van der Waals surface area contributed by atoms with Crippen molar-refractivity contribution >= 4 is 5.78 Å². The summed E-state index contributed by atoms with van der Waals surface area (Å²) in [5.41, 5.74) is 1.55. The van der Waals surface area contributed by atoms with Gasteiger partial charge >= 0.3 is 0 Å². The van der Waals surface area contributed by atoms with Gasteiger partial charge in [-0.15, -0.1) is 0 Å². The van der Waals surface area contributed by atoms with E-state index in [1.54, 1.807) is 0 Å². The van der Waals surface area contributed by atoms with Crippen LogP contribution >= 0.6 is 0 Å². The van der Waals surface area contributed by atoms with E-state index in [9.17, 15) is 4.79 Å². The number of ketones is 1. The number of carbonyl (C=O) groups excluding carboxylic acids is 1. The number of fused-ring (bicyclic) bond motifs is 1. The minimum atomic E-state index is 0.260. The molecule has 0 radical (unpaired) electrons. The third-order valence-electron chi connectivity index (χ3n) is 3.53. The van der Waals surface area contributed by atoms with E-state index in [1.165, 1.54) is 5.57 Å². The van der Waals surface area contributed by atoms with Crippen LogP contribution < -0.4 is 0 Å². The zero-order chi connectivity index (χ0) is 8.22. The van der Waals surface area contributed by atoms with Gasteiger partial charge in [0.25, 0.3) is 0 Å². The topological polar surface area (TPSA) is 17.1 Å². The molecule has 1 heteroatoms. The van der Waals surface area contributed by atoms with Crippen LogP contribution in [0.25, 0.3) is 0 Å². The van der Waals surface area contributed by atoms with Crippen LogP contribution in [0.15, 0.2) is 11.6 Å². The molecule has 1 fully saturated rings. The van der Waals surface area contributed by atoms with Gasteiger partial charge in [-0.05, 0) is 30.8 Å². The van der Waals surface area contributed by atoms with Gasteiger partial charge in [-0.25, -0.2) is 0 Å². The number of rotatable bonds is 0. The normalized spacial score (nSPS) is 39.5. The molecular formula is C10H14O. The lowest BCUT2D eigenvalue weighted by Gasteiger charge is -2.54. The summed E-state index contributed by atoms with van der Waals surface area (Å²) in [5.74, 6) is 1.37. The van der Waals surface area contributed by atoms with Crippen molar-refractivity contribution in [2.75, 3.05) is 0 Å². The largest absolute Gasteiger partial charge is 0.295 e. The number of carbonyl (C=O) groups is 1. The van der Waals surface area contributed by atoms with Crippen LogP contribution in [0.3, 0.4) is 0 Å². The maximum atomic E-state index is 11.4. The van der Waals surface area contributed by atoms with E-state index in [0.717, 1.165) is 6.42 Å². The summed E-state index contributed by atoms with van der Waals surface area (Å²) in [6.07, 6.45) is 2.94. The second-order valence-electron chi connectivity index (χ2n) is 4.45. The van der Waals surface area contributed by atoms with Crippen LogP contribution in [0.2, 0.25) is 0 Å². The fraction of sp³-hybridized carbons (Fsp3) is 0.700. The van der Waals surface area contributed by atoms with E-state index in [4.69, 9.17) is 0 Å². The molecule has 0 heterocycles. The summed E-state index contributed by atoms with van der Waals surface area (Å²) >= 11 is 0. The van der Waals surface area contributed by atoms with Gasteiger partial charge in [-0.3, -0.25) is 4.79 Å². The summed E-state index contributed by atoms with van der Waals surface area (Å²) in [6.45, 7) is 6.50. The molecule has 3 rings (SSSR count). The van der Waals surface area contributed by atoms with Gasteiger partial charge in [0.15, 0.2) is 5.78 Å². The Hall–Kier alpha value is -0.590. The smallest absolute Gasteiger partial charge is 0.159 e. The molecule has 0 aliphatic heterocycles. The predicted octanol–water partition coefficient (Wildman–Crippen LogP) is 2.18. The average molecular weight is 150 g/mol. The van der Waals surface area contributed by atoms with Crippen LogP contribution in [0.5, 0.6) is 0 Å². The molecule has 0 aromatic carbocycles. The molecule has 0 saturated heterocycles. The second-order valence-corrected chi connectivity index (χ2v) is 4.45. The first-order valence-electron chi connectivity index (χ1n) is 4.25. The van der Waals surface area contributed by atoms with E-state index in [2.05, 4.69) is 20.8 Å². The van der Waals surface area contributed by atoms with Crippen LogP contribution in [0.4, 0.5) is 0 Å². The summed E-state index contributed by atoms with van der Waals surface area (Å²) in [7, 11) is 0. The van der Waals surface area contributed by atoms with Gasteiger partial charge in [0, 0.05) is 5.92 Å². The molecule has 60 valence electrons. The molecule has 11 heavy (non-hydrogen) atoms. The minimum absolute atomic E-state index is 0.260. The Morgan fingerprint density at radius 3 is 2.45 bits per heavy atom. The Morgan fingerprint density at radius 2 is 2.09 bits per heavy atom. The van der Waals surface area contributed by atoms with Crippen LogP contribution in [-0.2, 0) is 4.79 Å². The van der Waals surface area contributed by atoms with Crippen molar-refractivity contribution in [1.29, 1.82) is 0 Å². The van der Waals surface area contributed by atoms with Gasteiger partial charge in [-0.2, -0.15) is 0 Å². The zero-order valence-electron chi connectivity index (χ0n) is 7.35. The Labute approximate surface area is 67.5 Å². The third kappa shape index (κ3) is 0.688. The highest BCUT2D eigenvalue weighted by atomic mass is 16.1. The van der Waals surface area contributed by atoms with Gasteiger partial charge in [0.1, 0.15) is 0 Å². The van der Waals surface area contributed by atoms with E-state index in [-0.39, 0.29) is 5.41 Å². The average Bonchev–Trinajstić information content (AvgIpc) is 1.84. The van der Waals surface area contributed by atoms with Crippen molar-refractivity contribution in [3.8, 4) is 0 Å². The van der Waals surface area contributed by atoms with E-state index in [1.807, 2.05) is 6.08 Å². The Kier molecular flexibility index (Phi) is 1.14. The van der Waals surface area contributed by atoms with Gasteiger partial charge in [-0.1, -0.05) is 19.4 Å². The molecule has 1 nitrogen and oxygen atoms in total. The quantitative estimate of drug-likeness (QED) is 0.517. The van der Waals surface area contributed by atoms with Gasteiger partial charge in [0.05, 0.1) is 0 Å². The molecule has 2 unspecified atom stereocenters. The summed E-state index contributed by atoms with van der Waals surface area (Å²) in [5, 5.41) is 0. The number of hydrogen-bond acceptors (Lipinski definition) is 1. The number of allylic oxidation sites excluding steroid dienone is 2. The summed E-state index contributed by atoms with van der Waals surface area (Å²) in [4.78, 5) is 11.4.